The highest BCUT2D eigenvalue weighted by Gasteiger charge is 2.29. The van der Waals surface area contributed by atoms with Crippen LogP contribution >= 0.6 is 15.9 Å². The van der Waals surface area contributed by atoms with Gasteiger partial charge in [0.15, 0.2) is 5.82 Å². The molecular weight excluding hydrogens is 303 g/mol. The number of nitrogens with zero attached hydrogens (tertiary/aromatic N) is 2. The molecule has 98 valence electrons. The second kappa shape index (κ2) is 5.75. The number of likely N-dealkylation sites (tertiary alicyclic amines) is 1. The van der Waals surface area contributed by atoms with Gasteiger partial charge in [-0.15, -0.1) is 0 Å². The van der Waals surface area contributed by atoms with Crippen molar-refractivity contribution in [3.05, 3.63) is 28.2 Å². The first kappa shape index (κ1) is 13.4. The molecule has 1 aromatic rings. The summed E-state index contributed by atoms with van der Waals surface area (Å²) in [6.07, 6.45) is 2.33. The third-order valence-electron chi connectivity index (χ3n) is 3.13. The number of carbonyl (C=O) groups excluding carboxylic acids is 1. The number of hydrogen-bond donors (Lipinski definition) is 0. The molecule has 0 bridgehead atoms. The van der Waals surface area contributed by atoms with Crippen LogP contribution in [0.3, 0.4) is 0 Å². The first-order valence-corrected chi connectivity index (χ1v) is 6.50. The van der Waals surface area contributed by atoms with Crippen molar-refractivity contribution in [1.82, 2.24) is 9.88 Å². The van der Waals surface area contributed by atoms with E-state index in [1.54, 1.807) is 12.3 Å². The number of pyridine rings is 1. The summed E-state index contributed by atoms with van der Waals surface area (Å²) in [5.41, 5.74) is 0.586. The molecule has 0 aromatic carbocycles. The fourth-order valence-electron chi connectivity index (χ4n) is 2.15. The molecule has 1 aliphatic heterocycles. The fourth-order valence-corrected chi connectivity index (χ4v) is 2.53. The van der Waals surface area contributed by atoms with Crippen molar-refractivity contribution in [3.8, 4) is 0 Å². The van der Waals surface area contributed by atoms with Gasteiger partial charge in [-0.3, -0.25) is 9.69 Å². The Balaban J connectivity index is 1.99. The lowest BCUT2D eigenvalue weighted by molar-refractivity contribution is -0.144. The summed E-state index contributed by atoms with van der Waals surface area (Å²) in [7, 11) is 1.39. The van der Waals surface area contributed by atoms with E-state index < -0.39 is 0 Å². The van der Waals surface area contributed by atoms with Crippen molar-refractivity contribution in [2.24, 2.45) is 5.92 Å². The van der Waals surface area contributed by atoms with Crippen molar-refractivity contribution in [2.75, 3.05) is 20.2 Å². The van der Waals surface area contributed by atoms with Crippen molar-refractivity contribution < 1.29 is 13.9 Å². The third-order valence-corrected chi connectivity index (χ3v) is 3.68. The molecule has 0 radical (unpaired) electrons. The van der Waals surface area contributed by atoms with E-state index in [0.717, 1.165) is 13.0 Å². The predicted octanol–water partition coefficient (Wildman–Crippen LogP) is 1.98. The topological polar surface area (TPSA) is 42.4 Å². The van der Waals surface area contributed by atoms with E-state index in [1.165, 1.54) is 7.11 Å². The zero-order valence-electron chi connectivity index (χ0n) is 10.0. The van der Waals surface area contributed by atoms with Crippen LogP contribution in [0.1, 0.15) is 12.0 Å². The highest BCUT2D eigenvalue weighted by molar-refractivity contribution is 9.10. The van der Waals surface area contributed by atoms with Gasteiger partial charge in [0.1, 0.15) is 4.60 Å². The molecule has 0 amide bonds. The molecule has 0 N–H and O–H groups in total. The normalized spacial score (nSPS) is 20.1. The second-order valence-electron chi connectivity index (χ2n) is 4.32. The van der Waals surface area contributed by atoms with Gasteiger partial charge in [0.25, 0.3) is 0 Å². The van der Waals surface area contributed by atoms with Crippen LogP contribution in [0.2, 0.25) is 0 Å². The Bertz CT molecular complexity index is 456. The number of esters is 1. The van der Waals surface area contributed by atoms with E-state index in [-0.39, 0.29) is 22.3 Å². The van der Waals surface area contributed by atoms with E-state index in [9.17, 15) is 9.18 Å². The number of ether oxygens (including phenoxy) is 1. The SMILES string of the molecule is COC(=O)[C@@H]1CCN(Cc2ccnc(Br)c2F)C1. The lowest BCUT2D eigenvalue weighted by Crippen LogP contribution is -2.24. The first-order valence-electron chi connectivity index (χ1n) is 5.71. The summed E-state index contributed by atoms with van der Waals surface area (Å²) in [5.74, 6) is -0.615. The van der Waals surface area contributed by atoms with Gasteiger partial charge in [-0.1, -0.05) is 0 Å². The minimum atomic E-state index is -0.334. The van der Waals surface area contributed by atoms with E-state index in [2.05, 4.69) is 20.9 Å². The number of aromatic nitrogens is 1. The highest BCUT2D eigenvalue weighted by atomic mass is 79.9. The smallest absolute Gasteiger partial charge is 0.310 e. The van der Waals surface area contributed by atoms with Gasteiger partial charge < -0.3 is 4.74 Å². The Morgan fingerprint density at radius 3 is 3.22 bits per heavy atom. The van der Waals surface area contributed by atoms with Gasteiger partial charge in [0.05, 0.1) is 13.0 Å². The lowest BCUT2D eigenvalue weighted by atomic mass is 10.1. The van der Waals surface area contributed by atoms with Crippen LogP contribution < -0.4 is 0 Å². The first-order chi connectivity index (χ1) is 8.61. The summed E-state index contributed by atoms with van der Waals surface area (Å²) in [5, 5.41) is 0. The third kappa shape index (κ3) is 2.87. The average Bonchev–Trinajstić information content (AvgIpc) is 2.82. The number of methoxy groups -OCH3 is 1. The summed E-state index contributed by atoms with van der Waals surface area (Å²) in [6, 6.07) is 1.66. The second-order valence-corrected chi connectivity index (χ2v) is 5.07. The van der Waals surface area contributed by atoms with Crippen LogP contribution in [0, 0.1) is 11.7 Å². The number of hydrogen-bond acceptors (Lipinski definition) is 4. The van der Waals surface area contributed by atoms with Crippen LogP contribution in [0.5, 0.6) is 0 Å². The number of rotatable bonds is 3. The van der Waals surface area contributed by atoms with Gasteiger partial charge in [-0.2, -0.15) is 0 Å². The summed E-state index contributed by atoms with van der Waals surface area (Å²) < 4.78 is 18.7. The maximum absolute atomic E-state index is 13.7. The fraction of sp³-hybridized carbons (Fsp3) is 0.500. The lowest BCUT2D eigenvalue weighted by Gasteiger charge is -2.16. The average molecular weight is 317 g/mol. The Labute approximate surface area is 113 Å². The maximum atomic E-state index is 13.7. The molecule has 1 aromatic heterocycles. The quantitative estimate of drug-likeness (QED) is 0.631. The molecule has 0 aliphatic carbocycles. The van der Waals surface area contributed by atoms with Crippen molar-refractivity contribution in [3.63, 3.8) is 0 Å². The van der Waals surface area contributed by atoms with E-state index >= 15 is 0 Å². The summed E-state index contributed by atoms with van der Waals surface area (Å²) in [4.78, 5) is 17.3. The number of carbonyl (C=O) groups is 1. The summed E-state index contributed by atoms with van der Waals surface area (Å²) in [6.45, 7) is 1.88. The monoisotopic (exact) mass is 316 g/mol. The Kier molecular flexibility index (Phi) is 4.29. The van der Waals surface area contributed by atoms with Gasteiger partial charge in [0, 0.05) is 24.8 Å². The molecule has 1 fully saturated rings. The van der Waals surface area contributed by atoms with E-state index in [4.69, 9.17) is 4.74 Å². The highest BCUT2D eigenvalue weighted by Crippen LogP contribution is 2.22. The predicted molar refractivity (Wildman–Crippen MR) is 67.3 cm³/mol. The van der Waals surface area contributed by atoms with E-state index in [0.29, 0.717) is 18.7 Å². The van der Waals surface area contributed by atoms with Crippen LogP contribution in [0.25, 0.3) is 0 Å². The van der Waals surface area contributed by atoms with Crippen LogP contribution in [-0.2, 0) is 16.1 Å². The van der Waals surface area contributed by atoms with Crippen LogP contribution in [0.4, 0.5) is 4.39 Å². The molecule has 1 saturated heterocycles. The molecule has 1 aliphatic rings. The molecule has 2 rings (SSSR count). The van der Waals surface area contributed by atoms with Gasteiger partial charge in [0.2, 0.25) is 0 Å². The minimum Gasteiger partial charge on any atom is -0.469 e. The van der Waals surface area contributed by atoms with Crippen molar-refractivity contribution in [2.45, 2.75) is 13.0 Å². The minimum absolute atomic E-state index is 0.0941. The Morgan fingerprint density at radius 2 is 2.50 bits per heavy atom. The Morgan fingerprint density at radius 1 is 1.72 bits per heavy atom. The van der Waals surface area contributed by atoms with Gasteiger partial charge in [-0.25, -0.2) is 9.37 Å². The molecule has 1 atom stereocenters. The van der Waals surface area contributed by atoms with Gasteiger partial charge >= 0.3 is 5.97 Å². The Hall–Kier alpha value is -1.01. The summed E-state index contributed by atoms with van der Waals surface area (Å²) >= 11 is 3.06. The maximum Gasteiger partial charge on any atom is 0.310 e. The standard InChI is InChI=1S/C12H14BrFN2O2/c1-18-12(17)9-3-5-16(7-9)6-8-2-4-15-11(13)10(8)14/h2,4,9H,3,5-7H2,1H3/t9-/m1/s1. The van der Waals surface area contributed by atoms with Crippen molar-refractivity contribution >= 4 is 21.9 Å². The van der Waals surface area contributed by atoms with Crippen LogP contribution in [-0.4, -0.2) is 36.1 Å². The molecule has 4 nitrogen and oxygen atoms in total. The largest absolute Gasteiger partial charge is 0.469 e. The molecular formula is C12H14BrFN2O2. The van der Waals surface area contributed by atoms with Crippen molar-refractivity contribution in [1.29, 1.82) is 0 Å². The molecule has 0 unspecified atom stereocenters. The molecule has 0 spiro atoms. The molecule has 2 heterocycles. The molecule has 0 saturated carbocycles. The molecule has 18 heavy (non-hydrogen) atoms. The number of halogens is 2. The zero-order valence-corrected chi connectivity index (χ0v) is 11.6. The van der Waals surface area contributed by atoms with E-state index in [1.807, 2.05) is 4.90 Å². The van der Waals surface area contributed by atoms with Crippen LogP contribution in [0.15, 0.2) is 16.9 Å². The molecule has 6 heteroatoms. The zero-order chi connectivity index (χ0) is 13.1. The van der Waals surface area contributed by atoms with Gasteiger partial charge in [-0.05, 0) is 35.0 Å².